The fourth-order valence-corrected chi connectivity index (χ4v) is 2.32. The standard InChI is InChI=1S/C13H12N2O4S/c1-9-4-2-7-12(14-9)15(20(18)19)11-6-3-5-10(8-11)13(16)17/h2-8,20H,1H3,(H,16,17). The maximum Gasteiger partial charge on any atom is 0.335 e. The molecule has 0 amide bonds. The van der Waals surface area contributed by atoms with Gasteiger partial charge in [-0.25, -0.2) is 22.5 Å². The third-order valence-corrected chi connectivity index (χ3v) is 3.35. The number of carbonyl (C=O) groups is 1. The monoisotopic (exact) mass is 292 g/mol. The minimum Gasteiger partial charge on any atom is -0.478 e. The number of anilines is 2. The molecule has 0 fully saturated rings. The van der Waals surface area contributed by atoms with Crippen molar-refractivity contribution in [1.29, 1.82) is 0 Å². The van der Waals surface area contributed by atoms with Gasteiger partial charge in [-0.15, -0.1) is 0 Å². The molecule has 7 heteroatoms. The Kier molecular flexibility index (Phi) is 3.99. The van der Waals surface area contributed by atoms with Crippen molar-refractivity contribution >= 4 is 28.4 Å². The first-order chi connectivity index (χ1) is 9.49. The van der Waals surface area contributed by atoms with E-state index >= 15 is 0 Å². The normalized spacial score (nSPS) is 10.5. The highest BCUT2D eigenvalue weighted by Gasteiger charge is 2.15. The van der Waals surface area contributed by atoms with E-state index in [1.54, 1.807) is 25.1 Å². The molecule has 20 heavy (non-hydrogen) atoms. The van der Waals surface area contributed by atoms with Crippen LogP contribution >= 0.6 is 0 Å². The van der Waals surface area contributed by atoms with Gasteiger partial charge in [-0.05, 0) is 37.3 Å². The lowest BCUT2D eigenvalue weighted by Crippen LogP contribution is -2.16. The van der Waals surface area contributed by atoms with E-state index in [9.17, 15) is 13.2 Å². The van der Waals surface area contributed by atoms with Crippen molar-refractivity contribution < 1.29 is 18.3 Å². The molecule has 0 unspecified atom stereocenters. The third kappa shape index (κ3) is 2.94. The van der Waals surface area contributed by atoms with Gasteiger partial charge in [-0.2, -0.15) is 0 Å². The largest absolute Gasteiger partial charge is 0.478 e. The topological polar surface area (TPSA) is 87.6 Å². The predicted octanol–water partition coefficient (Wildman–Crippen LogP) is 1.75. The summed E-state index contributed by atoms with van der Waals surface area (Å²) < 4.78 is 23.9. The molecule has 0 spiro atoms. The first-order valence-electron chi connectivity index (χ1n) is 5.70. The van der Waals surface area contributed by atoms with E-state index in [2.05, 4.69) is 4.98 Å². The van der Waals surface area contributed by atoms with Crippen LogP contribution in [0.4, 0.5) is 11.5 Å². The molecule has 1 aromatic carbocycles. The number of rotatable bonds is 4. The molecule has 2 rings (SSSR count). The molecule has 0 aliphatic carbocycles. The summed E-state index contributed by atoms with van der Waals surface area (Å²) in [5.74, 6) is -0.895. The predicted molar refractivity (Wildman–Crippen MR) is 74.8 cm³/mol. The maximum absolute atomic E-state index is 11.5. The molecule has 0 atom stereocenters. The van der Waals surface area contributed by atoms with Gasteiger partial charge in [-0.3, -0.25) is 0 Å². The highest BCUT2D eigenvalue weighted by Crippen LogP contribution is 2.24. The van der Waals surface area contributed by atoms with Crippen molar-refractivity contribution in [3.8, 4) is 0 Å². The van der Waals surface area contributed by atoms with Gasteiger partial charge in [0.2, 0.25) is 10.9 Å². The number of aromatic carboxylic acids is 1. The molecule has 0 aliphatic heterocycles. The van der Waals surface area contributed by atoms with E-state index in [1.165, 1.54) is 24.3 Å². The van der Waals surface area contributed by atoms with Crippen LogP contribution in [-0.4, -0.2) is 24.5 Å². The summed E-state index contributed by atoms with van der Waals surface area (Å²) in [4.78, 5) is 15.1. The number of hydrogen-bond donors (Lipinski definition) is 2. The number of pyridine rings is 1. The van der Waals surface area contributed by atoms with Crippen LogP contribution in [0.5, 0.6) is 0 Å². The van der Waals surface area contributed by atoms with Crippen LogP contribution in [0.2, 0.25) is 0 Å². The van der Waals surface area contributed by atoms with E-state index in [0.29, 0.717) is 5.69 Å². The van der Waals surface area contributed by atoms with E-state index in [4.69, 9.17) is 5.11 Å². The van der Waals surface area contributed by atoms with E-state index in [0.717, 1.165) is 4.31 Å². The number of aromatic nitrogens is 1. The van der Waals surface area contributed by atoms with Crippen LogP contribution in [0, 0.1) is 6.92 Å². The van der Waals surface area contributed by atoms with Gasteiger partial charge in [0.15, 0.2) is 0 Å². The van der Waals surface area contributed by atoms with Crippen LogP contribution in [0.25, 0.3) is 0 Å². The van der Waals surface area contributed by atoms with Crippen molar-refractivity contribution in [1.82, 2.24) is 4.98 Å². The molecule has 2 aromatic rings. The fraction of sp³-hybridized carbons (Fsp3) is 0.0769. The summed E-state index contributed by atoms with van der Waals surface area (Å²) in [7, 11) is -2.98. The first-order valence-corrected chi connectivity index (χ1v) is 6.83. The number of hydrogen-bond acceptors (Lipinski definition) is 4. The molecule has 104 valence electrons. The number of nitrogens with zero attached hydrogens (tertiary/aromatic N) is 2. The van der Waals surface area contributed by atoms with Crippen molar-refractivity contribution in [3.05, 3.63) is 53.7 Å². The van der Waals surface area contributed by atoms with Crippen molar-refractivity contribution in [2.45, 2.75) is 6.92 Å². The maximum atomic E-state index is 11.5. The molecular formula is C13H12N2O4S. The Balaban J connectivity index is 2.54. The van der Waals surface area contributed by atoms with Gasteiger partial charge in [0.25, 0.3) is 0 Å². The molecule has 0 radical (unpaired) electrons. The quantitative estimate of drug-likeness (QED) is 0.838. The fourth-order valence-electron chi connectivity index (χ4n) is 1.73. The Morgan fingerprint density at radius 2 is 1.90 bits per heavy atom. The highest BCUT2D eigenvalue weighted by molar-refractivity contribution is 7.74. The van der Waals surface area contributed by atoms with Gasteiger partial charge >= 0.3 is 5.97 Å². The van der Waals surface area contributed by atoms with Gasteiger partial charge in [0, 0.05) is 5.69 Å². The minimum absolute atomic E-state index is 0.0111. The Morgan fingerprint density at radius 3 is 2.50 bits per heavy atom. The van der Waals surface area contributed by atoms with E-state index in [-0.39, 0.29) is 17.1 Å². The summed E-state index contributed by atoms with van der Waals surface area (Å²) in [6.45, 7) is 1.74. The number of thiol groups is 1. The summed E-state index contributed by atoms with van der Waals surface area (Å²) >= 11 is 0. The van der Waals surface area contributed by atoms with Crippen molar-refractivity contribution in [2.24, 2.45) is 0 Å². The van der Waals surface area contributed by atoms with Crippen molar-refractivity contribution in [3.63, 3.8) is 0 Å². The third-order valence-electron chi connectivity index (χ3n) is 2.59. The van der Waals surface area contributed by atoms with Crippen molar-refractivity contribution in [2.75, 3.05) is 4.31 Å². The number of aryl methyl sites for hydroxylation is 1. The van der Waals surface area contributed by atoms with Crippen LogP contribution in [0.15, 0.2) is 42.5 Å². The molecule has 0 aliphatic rings. The Bertz CT molecular complexity index is 720. The number of carboxylic acid groups (broad SMARTS) is 1. The summed E-state index contributed by atoms with van der Waals surface area (Å²) in [5, 5.41) is 8.96. The zero-order valence-corrected chi connectivity index (χ0v) is 11.4. The average molecular weight is 292 g/mol. The smallest absolute Gasteiger partial charge is 0.335 e. The SMILES string of the molecule is Cc1cccc(N(c2cccc(C(=O)O)c2)[SH](=O)=O)n1. The van der Waals surface area contributed by atoms with Crippen LogP contribution in [-0.2, 0) is 10.9 Å². The van der Waals surface area contributed by atoms with E-state index < -0.39 is 16.9 Å². The first kappa shape index (κ1) is 14.0. The van der Waals surface area contributed by atoms with Gasteiger partial charge in [-0.1, -0.05) is 12.1 Å². The van der Waals surface area contributed by atoms with Gasteiger partial charge in [0.1, 0.15) is 5.82 Å². The minimum atomic E-state index is -2.98. The molecule has 6 nitrogen and oxygen atoms in total. The van der Waals surface area contributed by atoms with Gasteiger partial charge in [0.05, 0.1) is 11.3 Å². The molecule has 0 bridgehead atoms. The second-order valence-corrected chi connectivity index (χ2v) is 4.92. The Morgan fingerprint density at radius 1 is 1.20 bits per heavy atom. The van der Waals surface area contributed by atoms with Crippen LogP contribution < -0.4 is 4.31 Å². The average Bonchev–Trinajstić information content (AvgIpc) is 2.39. The molecule has 0 saturated heterocycles. The Labute approximate surface area is 117 Å². The Hall–Kier alpha value is -2.41. The lowest BCUT2D eigenvalue weighted by Gasteiger charge is -2.17. The van der Waals surface area contributed by atoms with Crippen LogP contribution in [0.1, 0.15) is 16.1 Å². The molecular weight excluding hydrogens is 280 g/mol. The molecule has 1 heterocycles. The zero-order valence-electron chi connectivity index (χ0n) is 10.6. The zero-order chi connectivity index (χ0) is 14.7. The second-order valence-electron chi connectivity index (χ2n) is 4.04. The lowest BCUT2D eigenvalue weighted by atomic mass is 10.2. The number of benzene rings is 1. The molecule has 1 aromatic heterocycles. The number of carboxylic acids is 1. The summed E-state index contributed by atoms with van der Waals surface area (Å²) in [6, 6.07) is 10.7. The van der Waals surface area contributed by atoms with E-state index in [1.807, 2.05) is 0 Å². The summed E-state index contributed by atoms with van der Waals surface area (Å²) in [6.07, 6.45) is 0. The molecule has 1 N–H and O–H groups in total. The lowest BCUT2D eigenvalue weighted by molar-refractivity contribution is 0.0697. The molecule has 0 saturated carbocycles. The van der Waals surface area contributed by atoms with Crippen LogP contribution in [0.3, 0.4) is 0 Å². The highest BCUT2D eigenvalue weighted by atomic mass is 32.2. The summed E-state index contributed by atoms with van der Waals surface area (Å²) in [5.41, 5.74) is 0.912. The van der Waals surface area contributed by atoms with Gasteiger partial charge < -0.3 is 5.11 Å². The second kappa shape index (κ2) is 5.70.